The fraction of sp³-hybridized carbons (Fsp3) is 0.684. The van der Waals surface area contributed by atoms with Gasteiger partial charge in [-0.2, -0.15) is 0 Å². The van der Waals surface area contributed by atoms with Gasteiger partial charge in [-0.3, -0.25) is 0 Å². The van der Waals surface area contributed by atoms with E-state index in [1.54, 1.807) is 0 Å². The fourth-order valence-electron chi connectivity index (χ4n) is 3.86. The van der Waals surface area contributed by atoms with Crippen LogP contribution in [0.2, 0.25) is 0 Å². The summed E-state index contributed by atoms with van der Waals surface area (Å²) >= 11 is 0. The maximum absolute atomic E-state index is 10.6. The molecule has 1 unspecified atom stereocenters. The second-order valence-corrected chi connectivity index (χ2v) is 7.53. The Balaban J connectivity index is 1.44. The molecule has 3 fully saturated rings. The molecular formula is C19H26O11. The van der Waals surface area contributed by atoms with Crippen LogP contribution in [0.3, 0.4) is 0 Å². The van der Waals surface area contributed by atoms with E-state index in [4.69, 9.17) is 23.7 Å². The molecule has 0 aliphatic carbocycles. The highest BCUT2D eigenvalue weighted by Crippen LogP contribution is 2.35. The van der Waals surface area contributed by atoms with Crippen molar-refractivity contribution >= 4 is 0 Å². The first-order valence-corrected chi connectivity index (χ1v) is 9.70. The van der Waals surface area contributed by atoms with Crippen LogP contribution in [0.15, 0.2) is 30.3 Å². The zero-order valence-corrected chi connectivity index (χ0v) is 15.9. The van der Waals surface area contributed by atoms with E-state index in [1.807, 2.05) is 30.3 Å². The van der Waals surface area contributed by atoms with Gasteiger partial charge in [-0.15, -0.1) is 0 Å². The summed E-state index contributed by atoms with van der Waals surface area (Å²) in [5, 5.41) is 60.2. The monoisotopic (exact) mass is 430 g/mol. The number of hydrogen-bond acceptors (Lipinski definition) is 11. The average molecular weight is 430 g/mol. The van der Waals surface area contributed by atoms with Crippen molar-refractivity contribution in [1.82, 2.24) is 0 Å². The van der Waals surface area contributed by atoms with Gasteiger partial charge in [-0.1, -0.05) is 30.3 Å². The lowest BCUT2D eigenvalue weighted by molar-refractivity contribution is -0.384. The van der Waals surface area contributed by atoms with E-state index in [1.165, 1.54) is 0 Å². The summed E-state index contributed by atoms with van der Waals surface area (Å²) in [5.74, 6) is 0. The number of fused-ring (bicyclic) bond motifs is 1. The fourth-order valence-corrected chi connectivity index (χ4v) is 3.86. The molecule has 30 heavy (non-hydrogen) atoms. The number of aliphatic hydroxyl groups excluding tert-OH is 6. The Bertz CT molecular complexity index is 686. The molecule has 3 aliphatic heterocycles. The largest absolute Gasteiger partial charge is 0.394 e. The molecular weight excluding hydrogens is 404 g/mol. The molecule has 0 saturated carbocycles. The first-order valence-electron chi connectivity index (χ1n) is 9.70. The second-order valence-electron chi connectivity index (χ2n) is 7.53. The third-order valence-corrected chi connectivity index (χ3v) is 5.54. The molecule has 0 aromatic heterocycles. The van der Waals surface area contributed by atoms with Crippen molar-refractivity contribution in [2.75, 3.05) is 13.2 Å². The summed E-state index contributed by atoms with van der Waals surface area (Å²) in [7, 11) is 0. The van der Waals surface area contributed by atoms with Crippen LogP contribution < -0.4 is 0 Å². The maximum Gasteiger partial charge on any atom is 0.187 e. The Morgan fingerprint density at radius 1 is 0.867 bits per heavy atom. The van der Waals surface area contributed by atoms with Crippen molar-refractivity contribution in [3.05, 3.63) is 35.9 Å². The predicted molar refractivity (Wildman–Crippen MR) is 95.5 cm³/mol. The Hall–Kier alpha value is -1.22. The van der Waals surface area contributed by atoms with Crippen LogP contribution >= 0.6 is 0 Å². The first kappa shape index (κ1) is 22.0. The number of rotatable bonds is 4. The summed E-state index contributed by atoms with van der Waals surface area (Å²) in [4.78, 5) is 0. The highest BCUT2D eigenvalue weighted by atomic mass is 16.8. The van der Waals surface area contributed by atoms with Crippen LogP contribution in [0.25, 0.3) is 0 Å². The summed E-state index contributed by atoms with van der Waals surface area (Å²) in [6.07, 6.45) is -14.3. The zero-order valence-electron chi connectivity index (χ0n) is 15.9. The molecule has 0 amide bonds. The topological polar surface area (TPSA) is 168 Å². The van der Waals surface area contributed by atoms with Gasteiger partial charge in [-0.25, -0.2) is 0 Å². The Kier molecular flexibility index (Phi) is 6.67. The smallest absolute Gasteiger partial charge is 0.187 e. The van der Waals surface area contributed by atoms with Crippen LogP contribution in [0.5, 0.6) is 0 Å². The minimum atomic E-state index is -1.71. The number of ether oxygens (including phenoxy) is 5. The molecule has 0 radical (unpaired) electrons. The van der Waals surface area contributed by atoms with Crippen molar-refractivity contribution in [2.45, 2.75) is 67.7 Å². The zero-order chi connectivity index (χ0) is 21.4. The SMILES string of the molecule is OC[C@H]1O[C@@H](O)[C@H](O)[C@@H](O)[C@@H]1O[C@@H]1O[C@@H]2COC(c3ccccc3)O[C@H]2[C@H](O)[C@H]1O. The molecule has 11 atom stereocenters. The summed E-state index contributed by atoms with van der Waals surface area (Å²) in [5.41, 5.74) is 0.747. The van der Waals surface area contributed by atoms with E-state index in [0.29, 0.717) is 0 Å². The lowest BCUT2D eigenvalue weighted by Crippen LogP contribution is -2.65. The quantitative estimate of drug-likeness (QED) is 0.295. The van der Waals surface area contributed by atoms with E-state index in [9.17, 15) is 30.6 Å². The van der Waals surface area contributed by atoms with Gasteiger partial charge in [0.2, 0.25) is 0 Å². The van der Waals surface area contributed by atoms with E-state index >= 15 is 0 Å². The van der Waals surface area contributed by atoms with Gasteiger partial charge in [0.05, 0.1) is 13.2 Å². The summed E-state index contributed by atoms with van der Waals surface area (Å²) in [6, 6.07) is 9.10. The molecule has 4 rings (SSSR count). The summed E-state index contributed by atoms with van der Waals surface area (Å²) < 4.78 is 27.7. The number of benzene rings is 1. The van der Waals surface area contributed by atoms with E-state index in [0.717, 1.165) is 5.56 Å². The molecule has 1 aromatic carbocycles. The standard InChI is InChI=1S/C19H26O11/c20-6-9-15(11(21)13(23)17(25)27-9)30-19-14(24)12(22)16-10(28-19)7-26-18(29-16)8-4-2-1-3-5-8/h1-5,9-25H,6-7H2/t9-,10-,11-,12-,13-,14-,15-,16-,17-,18?,19+/m1/s1. The normalized spacial score (nSPS) is 46.9. The first-order chi connectivity index (χ1) is 14.4. The van der Waals surface area contributed by atoms with Gasteiger partial charge in [0.25, 0.3) is 0 Å². The summed E-state index contributed by atoms with van der Waals surface area (Å²) in [6.45, 7) is -0.587. The third kappa shape index (κ3) is 4.11. The van der Waals surface area contributed by atoms with Crippen molar-refractivity contribution in [3.8, 4) is 0 Å². The van der Waals surface area contributed by atoms with Crippen molar-refractivity contribution < 1.29 is 54.3 Å². The van der Waals surface area contributed by atoms with E-state index < -0.39 is 74.3 Å². The van der Waals surface area contributed by atoms with Gasteiger partial charge >= 0.3 is 0 Å². The Morgan fingerprint density at radius 2 is 1.60 bits per heavy atom. The third-order valence-electron chi connectivity index (χ3n) is 5.54. The molecule has 3 saturated heterocycles. The van der Waals surface area contributed by atoms with E-state index in [-0.39, 0.29) is 6.61 Å². The number of hydrogen-bond donors (Lipinski definition) is 6. The molecule has 1 aromatic rings. The lowest BCUT2D eigenvalue weighted by atomic mass is 9.96. The minimum absolute atomic E-state index is 0.0440. The Labute approximate surface area is 171 Å². The van der Waals surface area contributed by atoms with Crippen LogP contribution in [-0.4, -0.2) is 105 Å². The maximum atomic E-state index is 10.6. The predicted octanol–water partition coefficient (Wildman–Crippen LogP) is -2.64. The minimum Gasteiger partial charge on any atom is -0.394 e. The molecule has 6 N–H and O–H groups in total. The van der Waals surface area contributed by atoms with Crippen LogP contribution in [-0.2, 0) is 23.7 Å². The van der Waals surface area contributed by atoms with Gasteiger partial charge in [-0.05, 0) is 0 Å². The van der Waals surface area contributed by atoms with Crippen molar-refractivity contribution in [2.24, 2.45) is 0 Å². The second kappa shape index (κ2) is 9.10. The molecule has 11 nitrogen and oxygen atoms in total. The van der Waals surface area contributed by atoms with Gasteiger partial charge < -0.3 is 54.3 Å². The molecule has 0 bridgehead atoms. The lowest BCUT2D eigenvalue weighted by Gasteiger charge is -2.48. The van der Waals surface area contributed by atoms with E-state index in [2.05, 4.69) is 0 Å². The molecule has 168 valence electrons. The molecule has 0 spiro atoms. The highest BCUT2D eigenvalue weighted by molar-refractivity contribution is 5.16. The van der Waals surface area contributed by atoms with Gasteiger partial charge in [0, 0.05) is 5.56 Å². The van der Waals surface area contributed by atoms with Crippen molar-refractivity contribution in [3.63, 3.8) is 0 Å². The van der Waals surface area contributed by atoms with Crippen molar-refractivity contribution in [1.29, 1.82) is 0 Å². The molecule has 11 heteroatoms. The Morgan fingerprint density at radius 3 is 2.30 bits per heavy atom. The van der Waals surface area contributed by atoms with Crippen LogP contribution in [0.4, 0.5) is 0 Å². The average Bonchev–Trinajstić information content (AvgIpc) is 2.77. The van der Waals surface area contributed by atoms with Crippen LogP contribution in [0, 0.1) is 0 Å². The number of aliphatic hydroxyl groups is 6. The molecule has 3 aliphatic rings. The highest BCUT2D eigenvalue weighted by Gasteiger charge is 2.52. The van der Waals surface area contributed by atoms with Gasteiger partial charge in [0.1, 0.15) is 48.8 Å². The van der Waals surface area contributed by atoms with Crippen LogP contribution in [0.1, 0.15) is 11.9 Å². The molecule has 3 heterocycles. The van der Waals surface area contributed by atoms with Gasteiger partial charge in [0.15, 0.2) is 18.9 Å².